The van der Waals surface area contributed by atoms with Crippen LogP contribution in [0.4, 0.5) is 17.1 Å². The first-order chi connectivity index (χ1) is 8.74. The molecule has 2 heteroatoms. The fourth-order valence-corrected chi connectivity index (χ4v) is 2.65. The molecular weight excluding hydrogens is 220 g/mol. The lowest BCUT2D eigenvalue weighted by atomic mass is 10.1. The molecule has 3 rings (SSSR count). The smallest absolute Gasteiger partial charge is 0.0428 e. The van der Waals surface area contributed by atoms with E-state index in [1.165, 1.54) is 36.1 Å². The van der Waals surface area contributed by atoms with E-state index in [-0.39, 0.29) is 0 Å². The van der Waals surface area contributed by atoms with Gasteiger partial charge < -0.3 is 10.6 Å². The largest absolute Gasteiger partial charge is 0.399 e. The molecule has 0 atom stereocenters. The van der Waals surface area contributed by atoms with E-state index in [9.17, 15) is 0 Å². The highest BCUT2D eigenvalue weighted by Crippen LogP contribution is 2.30. The molecule has 0 saturated carbocycles. The van der Waals surface area contributed by atoms with E-state index in [1.807, 2.05) is 18.2 Å². The zero-order valence-electron chi connectivity index (χ0n) is 10.7. The Kier molecular flexibility index (Phi) is 2.71. The lowest BCUT2D eigenvalue weighted by Gasteiger charge is -2.20. The summed E-state index contributed by atoms with van der Waals surface area (Å²) >= 11 is 0. The number of nitrogens with two attached hydrogens (primary N) is 1. The standard InChI is InChI=1S/C16H18N2/c1-18(15-7-3-6-14(17)11-15)16-9-8-12-4-2-5-13(12)10-16/h3,6-11H,2,4-5,17H2,1H3. The SMILES string of the molecule is CN(c1cccc(N)c1)c1ccc2c(c1)CCC2. The molecular formula is C16H18N2. The number of aryl methyl sites for hydroxylation is 2. The second kappa shape index (κ2) is 4.37. The third-order valence-electron chi connectivity index (χ3n) is 3.73. The Hall–Kier alpha value is -1.96. The van der Waals surface area contributed by atoms with Gasteiger partial charge in [0.1, 0.15) is 0 Å². The first-order valence-corrected chi connectivity index (χ1v) is 6.45. The van der Waals surface area contributed by atoms with Crippen LogP contribution in [0.15, 0.2) is 42.5 Å². The molecule has 1 aliphatic carbocycles. The van der Waals surface area contributed by atoms with Gasteiger partial charge in [0.15, 0.2) is 0 Å². The van der Waals surface area contributed by atoms with Crippen LogP contribution in [0.2, 0.25) is 0 Å². The number of nitrogen functional groups attached to an aromatic ring is 1. The monoisotopic (exact) mass is 238 g/mol. The van der Waals surface area contributed by atoms with Gasteiger partial charge in [-0.1, -0.05) is 12.1 Å². The van der Waals surface area contributed by atoms with E-state index in [2.05, 4.69) is 36.2 Å². The van der Waals surface area contributed by atoms with Crippen LogP contribution in [0.5, 0.6) is 0 Å². The minimum atomic E-state index is 0.806. The van der Waals surface area contributed by atoms with Crippen molar-refractivity contribution in [1.82, 2.24) is 0 Å². The van der Waals surface area contributed by atoms with Crippen molar-refractivity contribution in [2.24, 2.45) is 0 Å². The average Bonchev–Trinajstić information content (AvgIpc) is 2.85. The third-order valence-corrected chi connectivity index (χ3v) is 3.73. The van der Waals surface area contributed by atoms with E-state index in [1.54, 1.807) is 0 Å². The Morgan fingerprint density at radius 1 is 0.944 bits per heavy atom. The molecule has 0 amide bonds. The summed E-state index contributed by atoms with van der Waals surface area (Å²) in [6.07, 6.45) is 3.74. The van der Waals surface area contributed by atoms with Crippen LogP contribution in [-0.4, -0.2) is 7.05 Å². The first-order valence-electron chi connectivity index (χ1n) is 6.45. The average molecular weight is 238 g/mol. The molecule has 0 unspecified atom stereocenters. The quantitative estimate of drug-likeness (QED) is 0.811. The second-order valence-corrected chi connectivity index (χ2v) is 4.96. The van der Waals surface area contributed by atoms with Gasteiger partial charge in [-0.25, -0.2) is 0 Å². The van der Waals surface area contributed by atoms with Crippen molar-refractivity contribution in [2.45, 2.75) is 19.3 Å². The summed E-state index contributed by atoms with van der Waals surface area (Å²) in [5, 5.41) is 0. The van der Waals surface area contributed by atoms with Gasteiger partial charge in [0.2, 0.25) is 0 Å². The molecule has 18 heavy (non-hydrogen) atoms. The molecule has 2 aromatic rings. The predicted molar refractivity (Wildman–Crippen MR) is 77.4 cm³/mol. The lowest BCUT2D eigenvalue weighted by molar-refractivity contribution is 0.911. The Balaban J connectivity index is 1.95. The van der Waals surface area contributed by atoms with E-state index >= 15 is 0 Å². The number of anilines is 3. The van der Waals surface area contributed by atoms with Crippen LogP contribution in [0.25, 0.3) is 0 Å². The number of hydrogen-bond acceptors (Lipinski definition) is 2. The van der Waals surface area contributed by atoms with Crippen molar-refractivity contribution in [3.8, 4) is 0 Å². The van der Waals surface area contributed by atoms with Gasteiger partial charge in [-0.15, -0.1) is 0 Å². The summed E-state index contributed by atoms with van der Waals surface area (Å²) in [5.74, 6) is 0. The van der Waals surface area contributed by atoms with Gasteiger partial charge in [-0.2, -0.15) is 0 Å². The number of benzene rings is 2. The van der Waals surface area contributed by atoms with Crippen LogP contribution >= 0.6 is 0 Å². The number of fused-ring (bicyclic) bond motifs is 1. The van der Waals surface area contributed by atoms with Crippen LogP contribution < -0.4 is 10.6 Å². The zero-order valence-corrected chi connectivity index (χ0v) is 10.7. The highest BCUT2D eigenvalue weighted by Gasteiger charge is 2.12. The molecule has 1 aliphatic rings. The first kappa shape index (κ1) is 11.1. The van der Waals surface area contributed by atoms with Crippen molar-refractivity contribution >= 4 is 17.1 Å². The van der Waals surface area contributed by atoms with E-state index in [0.717, 1.165) is 11.4 Å². The van der Waals surface area contributed by atoms with Crippen LogP contribution in [-0.2, 0) is 12.8 Å². The molecule has 2 N–H and O–H groups in total. The molecule has 0 bridgehead atoms. The highest BCUT2D eigenvalue weighted by molar-refractivity contribution is 5.67. The van der Waals surface area contributed by atoms with Crippen LogP contribution in [0.3, 0.4) is 0 Å². The molecule has 2 aromatic carbocycles. The summed E-state index contributed by atoms with van der Waals surface area (Å²) in [6.45, 7) is 0. The Morgan fingerprint density at radius 3 is 2.56 bits per heavy atom. The third kappa shape index (κ3) is 1.94. The molecule has 0 fully saturated rings. The van der Waals surface area contributed by atoms with Gasteiger partial charge in [-0.3, -0.25) is 0 Å². The summed E-state index contributed by atoms with van der Waals surface area (Å²) in [7, 11) is 2.09. The predicted octanol–water partition coefficient (Wildman–Crippen LogP) is 3.53. The molecule has 0 heterocycles. The van der Waals surface area contributed by atoms with Crippen LogP contribution in [0, 0.1) is 0 Å². The van der Waals surface area contributed by atoms with Gasteiger partial charge >= 0.3 is 0 Å². The molecule has 92 valence electrons. The molecule has 0 radical (unpaired) electrons. The normalized spacial score (nSPS) is 13.4. The summed E-state index contributed by atoms with van der Waals surface area (Å²) < 4.78 is 0. The Labute approximate surface area is 108 Å². The fourth-order valence-electron chi connectivity index (χ4n) is 2.65. The van der Waals surface area contributed by atoms with Gasteiger partial charge in [0.25, 0.3) is 0 Å². The second-order valence-electron chi connectivity index (χ2n) is 4.96. The van der Waals surface area contributed by atoms with Crippen molar-refractivity contribution in [1.29, 1.82) is 0 Å². The van der Waals surface area contributed by atoms with Gasteiger partial charge in [0, 0.05) is 24.1 Å². The fraction of sp³-hybridized carbons (Fsp3) is 0.250. The Bertz CT molecular complexity index is 575. The van der Waals surface area contributed by atoms with Crippen molar-refractivity contribution in [3.63, 3.8) is 0 Å². The van der Waals surface area contributed by atoms with Crippen molar-refractivity contribution in [2.75, 3.05) is 17.7 Å². The summed E-state index contributed by atoms with van der Waals surface area (Å²) in [5.41, 5.74) is 12.0. The molecule has 0 spiro atoms. The number of nitrogens with zero attached hydrogens (tertiary/aromatic N) is 1. The van der Waals surface area contributed by atoms with Gasteiger partial charge in [-0.05, 0) is 60.7 Å². The van der Waals surface area contributed by atoms with Crippen molar-refractivity contribution in [3.05, 3.63) is 53.6 Å². The molecule has 0 aliphatic heterocycles. The summed E-state index contributed by atoms with van der Waals surface area (Å²) in [6, 6.07) is 14.8. The molecule has 2 nitrogen and oxygen atoms in total. The number of rotatable bonds is 2. The van der Waals surface area contributed by atoms with Gasteiger partial charge in [0.05, 0.1) is 0 Å². The Morgan fingerprint density at radius 2 is 1.72 bits per heavy atom. The topological polar surface area (TPSA) is 29.3 Å². The molecule has 0 aromatic heterocycles. The highest BCUT2D eigenvalue weighted by atomic mass is 15.1. The maximum atomic E-state index is 5.84. The minimum Gasteiger partial charge on any atom is -0.399 e. The zero-order chi connectivity index (χ0) is 12.5. The minimum absolute atomic E-state index is 0.806. The maximum absolute atomic E-state index is 5.84. The number of hydrogen-bond donors (Lipinski definition) is 1. The van der Waals surface area contributed by atoms with Crippen molar-refractivity contribution < 1.29 is 0 Å². The van der Waals surface area contributed by atoms with E-state index in [4.69, 9.17) is 5.73 Å². The van der Waals surface area contributed by atoms with E-state index in [0.29, 0.717) is 0 Å². The molecule has 0 saturated heterocycles. The maximum Gasteiger partial charge on any atom is 0.0428 e. The van der Waals surface area contributed by atoms with E-state index < -0.39 is 0 Å². The van der Waals surface area contributed by atoms with Crippen LogP contribution in [0.1, 0.15) is 17.5 Å². The summed E-state index contributed by atoms with van der Waals surface area (Å²) in [4.78, 5) is 2.19. The lowest BCUT2D eigenvalue weighted by Crippen LogP contribution is -2.10.